The zero-order chi connectivity index (χ0) is 23.0. The van der Waals surface area contributed by atoms with Gasteiger partial charge in [0.15, 0.2) is 0 Å². The van der Waals surface area contributed by atoms with Crippen molar-refractivity contribution < 1.29 is 19.5 Å². The van der Waals surface area contributed by atoms with Crippen molar-refractivity contribution in [1.82, 2.24) is 9.61 Å². The van der Waals surface area contributed by atoms with Crippen molar-refractivity contribution in [3.63, 3.8) is 0 Å². The quantitative estimate of drug-likeness (QED) is 0.482. The van der Waals surface area contributed by atoms with Gasteiger partial charge in [0.1, 0.15) is 0 Å². The highest BCUT2D eigenvalue weighted by molar-refractivity contribution is 6.33. The van der Waals surface area contributed by atoms with Gasteiger partial charge in [0.2, 0.25) is 5.91 Å². The molecule has 0 fully saturated rings. The Hall–Kier alpha value is -4.17. The first kappa shape index (κ1) is 21.1. The summed E-state index contributed by atoms with van der Waals surface area (Å²) in [6.07, 6.45) is 3.34. The molecule has 3 N–H and O–H groups in total. The number of aromatic carboxylic acids is 1. The zero-order valence-corrected chi connectivity index (χ0v) is 17.6. The van der Waals surface area contributed by atoms with E-state index in [4.69, 9.17) is 17.3 Å². The van der Waals surface area contributed by atoms with Gasteiger partial charge in [-0.3, -0.25) is 9.59 Å². The van der Waals surface area contributed by atoms with Gasteiger partial charge >= 0.3 is 5.97 Å². The van der Waals surface area contributed by atoms with Gasteiger partial charge in [-0.1, -0.05) is 23.7 Å². The fraction of sp³-hybridized carbons (Fsp3) is 0.0435. The summed E-state index contributed by atoms with van der Waals surface area (Å²) in [5.41, 5.74) is 8.68. The second-order valence-corrected chi connectivity index (χ2v) is 7.49. The second-order valence-electron chi connectivity index (χ2n) is 7.08. The molecule has 2 amide bonds. The van der Waals surface area contributed by atoms with Crippen LogP contribution in [0, 0.1) is 0 Å². The molecule has 0 bridgehead atoms. The number of hydrogen-bond donors (Lipinski definition) is 2. The third kappa shape index (κ3) is 3.79. The Balaban J connectivity index is 1.70. The molecule has 0 unspecified atom stereocenters. The largest absolute Gasteiger partial charge is 0.478 e. The van der Waals surface area contributed by atoms with Gasteiger partial charge in [0, 0.05) is 35.6 Å². The monoisotopic (exact) mass is 448 g/mol. The second kappa shape index (κ2) is 8.16. The minimum Gasteiger partial charge on any atom is -0.478 e. The van der Waals surface area contributed by atoms with Crippen LogP contribution in [0.3, 0.4) is 0 Å². The highest BCUT2D eigenvalue weighted by Crippen LogP contribution is 2.27. The Labute approximate surface area is 187 Å². The highest BCUT2D eigenvalue weighted by atomic mass is 35.5. The Morgan fingerprint density at radius 2 is 1.75 bits per heavy atom. The molecule has 4 rings (SSSR count). The number of carbonyl (C=O) groups is 3. The van der Waals surface area contributed by atoms with Crippen molar-refractivity contribution in [3.8, 4) is 11.1 Å². The van der Waals surface area contributed by atoms with E-state index in [1.165, 1.54) is 17.0 Å². The summed E-state index contributed by atoms with van der Waals surface area (Å²) in [6, 6.07) is 14.5. The predicted molar refractivity (Wildman–Crippen MR) is 120 cm³/mol. The first-order valence-electron chi connectivity index (χ1n) is 9.45. The smallest absolute Gasteiger partial charge is 0.337 e. The number of nitrogens with zero attached hydrogens (tertiary/aromatic N) is 3. The number of fused-ring (bicyclic) bond motifs is 1. The molecule has 0 aliphatic heterocycles. The summed E-state index contributed by atoms with van der Waals surface area (Å²) < 4.78 is 1.64. The molecule has 0 radical (unpaired) electrons. The SMILES string of the molecule is CN(C(=O)c1ccn2ncc(-c3ccc(C(N)=O)cc3)c2c1)c1ccc(Cl)c(C(=O)O)c1. The van der Waals surface area contributed by atoms with E-state index in [2.05, 4.69) is 5.10 Å². The average molecular weight is 449 g/mol. The van der Waals surface area contributed by atoms with Crippen LogP contribution in [0.15, 0.2) is 67.0 Å². The topological polar surface area (TPSA) is 118 Å². The first-order chi connectivity index (χ1) is 15.3. The van der Waals surface area contributed by atoms with Gasteiger partial charge in [-0.05, 0) is 48.0 Å². The number of nitrogens with two attached hydrogens (primary N) is 1. The van der Waals surface area contributed by atoms with Gasteiger partial charge < -0.3 is 15.7 Å². The van der Waals surface area contributed by atoms with E-state index in [1.54, 1.807) is 66.4 Å². The number of aromatic nitrogens is 2. The van der Waals surface area contributed by atoms with Crippen LogP contribution in [0.2, 0.25) is 5.02 Å². The van der Waals surface area contributed by atoms with E-state index < -0.39 is 11.9 Å². The van der Waals surface area contributed by atoms with E-state index >= 15 is 0 Å². The predicted octanol–water partition coefficient (Wildman–Crippen LogP) is 3.73. The summed E-state index contributed by atoms with van der Waals surface area (Å²) in [6.45, 7) is 0. The molecule has 0 spiro atoms. The average Bonchev–Trinajstić information content (AvgIpc) is 3.21. The maximum Gasteiger partial charge on any atom is 0.337 e. The Morgan fingerprint density at radius 1 is 1.03 bits per heavy atom. The van der Waals surface area contributed by atoms with Crippen molar-refractivity contribution in [2.24, 2.45) is 5.73 Å². The number of primary amides is 1. The van der Waals surface area contributed by atoms with Gasteiger partial charge in [-0.25, -0.2) is 9.31 Å². The Kier molecular flexibility index (Phi) is 5.38. The fourth-order valence-corrected chi connectivity index (χ4v) is 3.55. The molecular weight excluding hydrogens is 432 g/mol. The lowest BCUT2D eigenvalue weighted by Gasteiger charge is -2.18. The molecule has 2 aromatic heterocycles. The number of pyridine rings is 1. The van der Waals surface area contributed by atoms with Crippen LogP contribution in [-0.4, -0.2) is 39.6 Å². The van der Waals surface area contributed by atoms with Crippen molar-refractivity contribution in [3.05, 3.63) is 88.7 Å². The van der Waals surface area contributed by atoms with E-state index in [-0.39, 0.29) is 16.5 Å². The molecule has 0 saturated heterocycles. The maximum atomic E-state index is 13.1. The molecule has 0 saturated carbocycles. The normalized spacial score (nSPS) is 10.8. The molecule has 32 heavy (non-hydrogen) atoms. The standard InChI is InChI=1S/C23H17ClN4O4/c1-27(16-6-7-19(24)17(11-16)23(31)32)22(30)15-8-9-28-20(10-15)18(12-26-28)13-2-4-14(5-3-13)21(25)29/h2-12H,1H3,(H2,25,29)(H,31,32). The first-order valence-corrected chi connectivity index (χ1v) is 9.82. The van der Waals surface area contributed by atoms with Gasteiger partial charge in [0.25, 0.3) is 5.91 Å². The third-order valence-corrected chi connectivity index (χ3v) is 5.45. The number of amides is 2. The summed E-state index contributed by atoms with van der Waals surface area (Å²) in [5, 5.41) is 13.7. The van der Waals surface area contributed by atoms with Crippen LogP contribution in [0.1, 0.15) is 31.1 Å². The number of carboxylic acids is 1. The number of rotatable bonds is 5. The number of benzene rings is 2. The lowest BCUT2D eigenvalue weighted by atomic mass is 10.0. The molecule has 160 valence electrons. The lowest BCUT2D eigenvalue weighted by molar-refractivity contribution is 0.0696. The summed E-state index contributed by atoms with van der Waals surface area (Å²) in [7, 11) is 1.56. The summed E-state index contributed by atoms with van der Waals surface area (Å²) >= 11 is 5.93. The molecular formula is C23H17ClN4O4. The summed E-state index contributed by atoms with van der Waals surface area (Å²) in [4.78, 5) is 37.1. The van der Waals surface area contributed by atoms with Crippen LogP contribution in [0.25, 0.3) is 16.6 Å². The molecule has 2 heterocycles. The Morgan fingerprint density at radius 3 is 2.41 bits per heavy atom. The molecule has 9 heteroatoms. The van der Waals surface area contributed by atoms with Crippen LogP contribution in [0.4, 0.5) is 5.69 Å². The van der Waals surface area contributed by atoms with Crippen molar-refractivity contribution >= 4 is 40.6 Å². The Bertz CT molecular complexity index is 1380. The number of carboxylic acid groups (broad SMARTS) is 1. The highest BCUT2D eigenvalue weighted by Gasteiger charge is 2.18. The maximum absolute atomic E-state index is 13.1. The lowest BCUT2D eigenvalue weighted by Crippen LogP contribution is -2.26. The fourth-order valence-electron chi connectivity index (χ4n) is 3.35. The van der Waals surface area contributed by atoms with Gasteiger partial charge in [0.05, 0.1) is 22.3 Å². The molecule has 0 atom stereocenters. The van der Waals surface area contributed by atoms with Gasteiger partial charge in [-0.15, -0.1) is 0 Å². The molecule has 2 aromatic carbocycles. The van der Waals surface area contributed by atoms with Crippen molar-refractivity contribution in [2.45, 2.75) is 0 Å². The van der Waals surface area contributed by atoms with E-state index in [1.807, 2.05) is 0 Å². The third-order valence-electron chi connectivity index (χ3n) is 5.12. The van der Waals surface area contributed by atoms with Crippen LogP contribution in [0.5, 0.6) is 0 Å². The van der Waals surface area contributed by atoms with Gasteiger partial charge in [-0.2, -0.15) is 5.10 Å². The van der Waals surface area contributed by atoms with E-state index in [0.717, 1.165) is 11.1 Å². The van der Waals surface area contributed by atoms with Crippen LogP contribution >= 0.6 is 11.6 Å². The minimum atomic E-state index is -1.18. The minimum absolute atomic E-state index is 0.0863. The van der Waals surface area contributed by atoms with Crippen molar-refractivity contribution in [2.75, 3.05) is 11.9 Å². The number of carbonyl (C=O) groups excluding carboxylic acids is 2. The van der Waals surface area contributed by atoms with E-state index in [9.17, 15) is 19.5 Å². The van der Waals surface area contributed by atoms with Crippen molar-refractivity contribution in [1.29, 1.82) is 0 Å². The summed E-state index contributed by atoms with van der Waals surface area (Å²) in [5.74, 6) is -2.02. The van der Waals surface area contributed by atoms with Crippen LogP contribution in [-0.2, 0) is 0 Å². The number of halogens is 1. The molecule has 0 aliphatic carbocycles. The zero-order valence-electron chi connectivity index (χ0n) is 16.8. The molecule has 4 aromatic rings. The number of anilines is 1. The molecule has 0 aliphatic rings. The van der Waals surface area contributed by atoms with Crippen LogP contribution < -0.4 is 10.6 Å². The number of hydrogen-bond acceptors (Lipinski definition) is 4. The van der Waals surface area contributed by atoms with E-state index in [0.29, 0.717) is 22.3 Å². The molecule has 8 nitrogen and oxygen atoms in total.